The number of aromatic nitrogens is 2. The molecule has 1 aromatic carbocycles. The Hall–Kier alpha value is -3.69. The van der Waals surface area contributed by atoms with Gasteiger partial charge in [0.2, 0.25) is 5.95 Å². The molecular formula is C23H28N6O4. The molecule has 2 aliphatic rings. The van der Waals surface area contributed by atoms with E-state index in [1.807, 2.05) is 35.2 Å². The first kappa shape index (κ1) is 22.5. The summed E-state index contributed by atoms with van der Waals surface area (Å²) in [6, 6.07) is 10.7. The Morgan fingerprint density at radius 1 is 0.939 bits per heavy atom. The highest BCUT2D eigenvalue weighted by Crippen LogP contribution is 2.19. The molecule has 1 N–H and O–H groups in total. The molecule has 2 aliphatic heterocycles. The van der Waals surface area contributed by atoms with Crippen LogP contribution in [0.15, 0.2) is 48.8 Å². The molecule has 3 amide bonds. The number of carbonyl (C=O) groups excluding carboxylic acids is 3. The monoisotopic (exact) mass is 452 g/mol. The molecular weight excluding hydrogens is 424 g/mol. The zero-order chi connectivity index (χ0) is 23.0. The summed E-state index contributed by atoms with van der Waals surface area (Å²) in [5, 5.41) is 2.84. The molecule has 1 unspecified atom stereocenters. The fourth-order valence-corrected chi connectivity index (χ4v) is 4.03. The molecule has 2 aromatic rings. The van der Waals surface area contributed by atoms with Gasteiger partial charge in [-0.1, -0.05) is 18.2 Å². The third-order valence-corrected chi connectivity index (χ3v) is 5.87. The SMILES string of the molecule is O=C(OCC(=O)N1CCN(c2ncccn2)CC1)C1CCCN(C(=O)Nc2ccccc2)C1. The van der Waals surface area contributed by atoms with E-state index < -0.39 is 11.9 Å². The van der Waals surface area contributed by atoms with Crippen LogP contribution in [0.5, 0.6) is 0 Å². The van der Waals surface area contributed by atoms with E-state index in [1.54, 1.807) is 28.3 Å². The molecule has 3 heterocycles. The predicted octanol–water partition coefficient (Wildman–Crippen LogP) is 1.61. The Kier molecular flexibility index (Phi) is 7.33. The first-order valence-electron chi connectivity index (χ1n) is 11.2. The van der Waals surface area contributed by atoms with Crippen molar-refractivity contribution in [1.29, 1.82) is 0 Å². The maximum absolute atomic E-state index is 12.6. The topological polar surface area (TPSA) is 108 Å². The molecule has 10 heteroatoms. The van der Waals surface area contributed by atoms with Gasteiger partial charge in [0.15, 0.2) is 6.61 Å². The molecule has 0 radical (unpaired) electrons. The molecule has 2 fully saturated rings. The number of esters is 1. The number of rotatable bonds is 5. The Morgan fingerprint density at radius 3 is 2.39 bits per heavy atom. The number of nitrogens with one attached hydrogen (secondary N) is 1. The largest absolute Gasteiger partial charge is 0.455 e. The first-order chi connectivity index (χ1) is 16.1. The van der Waals surface area contributed by atoms with E-state index in [1.165, 1.54) is 0 Å². The van der Waals surface area contributed by atoms with Gasteiger partial charge >= 0.3 is 12.0 Å². The molecule has 0 aliphatic carbocycles. The number of hydrogen-bond donors (Lipinski definition) is 1. The van der Waals surface area contributed by atoms with E-state index in [4.69, 9.17) is 4.74 Å². The standard InChI is InChI=1S/C23H28N6O4/c30-20(27-12-14-28(15-13-27)22-24-9-5-10-25-22)17-33-21(31)18-6-4-11-29(16-18)23(32)26-19-7-2-1-3-8-19/h1-3,5,7-10,18H,4,6,11-17H2,(H,26,32). The maximum atomic E-state index is 12.6. The minimum absolute atomic E-state index is 0.216. The maximum Gasteiger partial charge on any atom is 0.321 e. The van der Waals surface area contributed by atoms with Crippen LogP contribution >= 0.6 is 0 Å². The summed E-state index contributed by atoms with van der Waals surface area (Å²) < 4.78 is 5.33. The molecule has 1 aromatic heterocycles. The molecule has 0 bridgehead atoms. The summed E-state index contributed by atoms with van der Waals surface area (Å²) in [5.74, 6) is -0.433. The fourth-order valence-electron chi connectivity index (χ4n) is 4.03. The molecule has 4 rings (SSSR count). The lowest BCUT2D eigenvalue weighted by atomic mass is 9.98. The highest BCUT2D eigenvalue weighted by molar-refractivity contribution is 5.90. The van der Waals surface area contributed by atoms with Gasteiger partial charge in [-0.2, -0.15) is 0 Å². The molecule has 0 saturated carbocycles. The van der Waals surface area contributed by atoms with Crippen LogP contribution in [0.25, 0.3) is 0 Å². The molecule has 1 atom stereocenters. The number of benzene rings is 1. The average molecular weight is 453 g/mol. The van der Waals surface area contributed by atoms with Crippen molar-refractivity contribution in [2.45, 2.75) is 12.8 Å². The zero-order valence-electron chi connectivity index (χ0n) is 18.4. The third kappa shape index (κ3) is 5.97. The van der Waals surface area contributed by atoms with Crippen LogP contribution in [0.3, 0.4) is 0 Å². The number of para-hydroxylation sites is 1. The van der Waals surface area contributed by atoms with Crippen molar-refractivity contribution in [2.24, 2.45) is 5.92 Å². The fraction of sp³-hybridized carbons (Fsp3) is 0.435. The van der Waals surface area contributed by atoms with Crippen molar-refractivity contribution in [3.8, 4) is 0 Å². The summed E-state index contributed by atoms with van der Waals surface area (Å²) in [7, 11) is 0. The van der Waals surface area contributed by atoms with E-state index in [0.29, 0.717) is 57.2 Å². The molecule has 174 valence electrons. The van der Waals surface area contributed by atoms with Gasteiger partial charge in [0.1, 0.15) is 0 Å². The van der Waals surface area contributed by atoms with Crippen molar-refractivity contribution in [2.75, 3.05) is 56.1 Å². The molecule has 10 nitrogen and oxygen atoms in total. The van der Waals surface area contributed by atoms with Crippen molar-refractivity contribution >= 4 is 29.5 Å². The van der Waals surface area contributed by atoms with Crippen LogP contribution < -0.4 is 10.2 Å². The predicted molar refractivity (Wildman–Crippen MR) is 122 cm³/mol. The number of anilines is 2. The molecule has 2 saturated heterocycles. The lowest BCUT2D eigenvalue weighted by Crippen LogP contribution is -2.50. The molecule has 0 spiro atoms. The Morgan fingerprint density at radius 2 is 1.67 bits per heavy atom. The number of amides is 3. The van der Waals surface area contributed by atoms with Crippen LogP contribution in [-0.2, 0) is 14.3 Å². The molecule has 33 heavy (non-hydrogen) atoms. The number of hydrogen-bond acceptors (Lipinski definition) is 7. The van der Waals surface area contributed by atoms with Crippen LogP contribution in [0.1, 0.15) is 12.8 Å². The van der Waals surface area contributed by atoms with Gasteiger partial charge in [-0.05, 0) is 31.0 Å². The number of piperidine rings is 1. The number of urea groups is 1. The van der Waals surface area contributed by atoms with Crippen molar-refractivity contribution in [1.82, 2.24) is 19.8 Å². The zero-order valence-corrected chi connectivity index (χ0v) is 18.4. The Balaban J connectivity index is 1.20. The van der Waals surface area contributed by atoms with Gasteiger partial charge in [-0.25, -0.2) is 14.8 Å². The number of nitrogens with zero attached hydrogens (tertiary/aromatic N) is 5. The Bertz CT molecular complexity index is 950. The second kappa shape index (κ2) is 10.8. The third-order valence-electron chi connectivity index (χ3n) is 5.87. The van der Waals surface area contributed by atoms with E-state index in [-0.39, 0.29) is 25.1 Å². The minimum atomic E-state index is -0.433. The van der Waals surface area contributed by atoms with Crippen LogP contribution in [0.2, 0.25) is 0 Å². The van der Waals surface area contributed by atoms with Crippen LogP contribution in [0.4, 0.5) is 16.4 Å². The number of carbonyl (C=O) groups is 3. The lowest BCUT2D eigenvalue weighted by molar-refractivity contribution is -0.156. The van der Waals surface area contributed by atoms with Gasteiger partial charge in [0, 0.05) is 57.3 Å². The highest BCUT2D eigenvalue weighted by Gasteiger charge is 2.31. The van der Waals surface area contributed by atoms with E-state index in [2.05, 4.69) is 15.3 Å². The summed E-state index contributed by atoms with van der Waals surface area (Å²) >= 11 is 0. The van der Waals surface area contributed by atoms with Crippen molar-refractivity contribution in [3.05, 3.63) is 48.8 Å². The second-order valence-corrected chi connectivity index (χ2v) is 8.11. The van der Waals surface area contributed by atoms with Gasteiger partial charge < -0.3 is 24.8 Å². The summed E-state index contributed by atoms with van der Waals surface area (Å²) in [6.45, 7) is 2.86. The number of piperazine rings is 1. The van der Waals surface area contributed by atoms with Gasteiger partial charge in [-0.15, -0.1) is 0 Å². The van der Waals surface area contributed by atoms with Crippen LogP contribution in [0, 0.1) is 5.92 Å². The van der Waals surface area contributed by atoms with E-state index in [0.717, 1.165) is 0 Å². The normalized spacial score (nSPS) is 18.5. The summed E-state index contributed by atoms with van der Waals surface area (Å²) in [4.78, 5) is 51.4. The van der Waals surface area contributed by atoms with Crippen molar-refractivity contribution in [3.63, 3.8) is 0 Å². The number of likely N-dealkylation sites (tertiary alicyclic amines) is 1. The van der Waals surface area contributed by atoms with E-state index >= 15 is 0 Å². The smallest absolute Gasteiger partial charge is 0.321 e. The number of ether oxygens (including phenoxy) is 1. The van der Waals surface area contributed by atoms with Gasteiger partial charge in [0.05, 0.1) is 5.92 Å². The van der Waals surface area contributed by atoms with Crippen LogP contribution in [-0.4, -0.2) is 83.6 Å². The van der Waals surface area contributed by atoms with Gasteiger partial charge in [0.25, 0.3) is 5.91 Å². The highest BCUT2D eigenvalue weighted by atomic mass is 16.5. The second-order valence-electron chi connectivity index (χ2n) is 8.11. The quantitative estimate of drug-likeness (QED) is 0.687. The van der Waals surface area contributed by atoms with E-state index in [9.17, 15) is 14.4 Å². The van der Waals surface area contributed by atoms with Gasteiger partial charge in [-0.3, -0.25) is 9.59 Å². The van der Waals surface area contributed by atoms with Crippen molar-refractivity contribution < 1.29 is 19.1 Å². The first-order valence-corrected chi connectivity index (χ1v) is 11.2. The average Bonchev–Trinajstić information content (AvgIpc) is 2.88. The summed E-state index contributed by atoms with van der Waals surface area (Å²) in [5.41, 5.74) is 0.705. The lowest BCUT2D eigenvalue weighted by Gasteiger charge is -2.34. The Labute approximate surface area is 192 Å². The minimum Gasteiger partial charge on any atom is -0.455 e. The summed E-state index contributed by atoms with van der Waals surface area (Å²) in [6.07, 6.45) is 4.73.